The molecule has 0 amide bonds. The highest BCUT2D eigenvalue weighted by molar-refractivity contribution is 5.93. The molecule has 18 heavy (non-hydrogen) atoms. The lowest BCUT2D eigenvalue weighted by Crippen LogP contribution is -2.38. The summed E-state index contributed by atoms with van der Waals surface area (Å²) in [4.78, 5) is 4.19. The minimum absolute atomic E-state index is 0.169. The number of hydrogen-bond donors (Lipinski definition) is 2. The fraction of sp³-hybridized carbons (Fsp3) is 0.400. The lowest BCUT2D eigenvalue weighted by molar-refractivity contribution is 0.435. The molecule has 0 aliphatic heterocycles. The predicted octanol–water partition coefficient (Wildman–Crippen LogP) is 3.03. The number of aromatic nitrogens is 1. The molecule has 3 nitrogen and oxygen atoms in total. The fourth-order valence-electron chi connectivity index (χ4n) is 1.90. The first kappa shape index (κ1) is 12.8. The summed E-state index contributed by atoms with van der Waals surface area (Å²) in [6.45, 7) is 8.38. The number of fused-ring (bicyclic) bond motifs is 1. The molecule has 0 radical (unpaired) electrons. The lowest BCUT2D eigenvalue weighted by Gasteiger charge is -2.21. The standard InChI is InChI=1S/C15H21N3/c1-15(2,3)18-10-9-17-14-6-4-5-12-7-8-16-11-13(12)14/h4-8,11,17-18H,9-10H2,1-3H3. The van der Waals surface area contributed by atoms with E-state index in [-0.39, 0.29) is 5.54 Å². The van der Waals surface area contributed by atoms with Crippen LogP contribution in [0.1, 0.15) is 20.8 Å². The van der Waals surface area contributed by atoms with Crippen LogP contribution in [0.3, 0.4) is 0 Å². The Labute approximate surface area is 109 Å². The molecule has 2 aromatic rings. The van der Waals surface area contributed by atoms with Gasteiger partial charge in [0.25, 0.3) is 0 Å². The summed E-state index contributed by atoms with van der Waals surface area (Å²) in [6.07, 6.45) is 3.74. The Morgan fingerprint density at radius 1 is 1.11 bits per heavy atom. The number of pyridine rings is 1. The monoisotopic (exact) mass is 243 g/mol. The summed E-state index contributed by atoms with van der Waals surface area (Å²) < 4.78 is 0. The maximum atomic E-state index is 4.19. The minimum Gasteiger partial charge on any atom is -0.383 e. The van der Waals surface area contributed by atoms with Crippen LogP contribution in [0, 0.1) is 0 Å². The Hall–Kier alpha value is -1.61. The summed E-state index contributed by atoms with van der Waals surface area (Å²) >= 11 is 0. The first-order chi connectivity index (χ1) is 8.56. The SMILES string of the molecule is CC(C)(C)NCCNc1cccc2ccncc12. The Kier molecular flexibility index (Phi) is 3.82. The van der Waals surface area contributed by atoms with Crippen LogP contribution in [0.25, 0.3) is 10.8 Å². The first-order valence-corrected chi connectivity index (χ1v) is 6.38. The molecule has 3 heteroatoms. The normalized spacial score (nSPS) is 11.7. The van der Waals surface area contributed by atoms with Crippen molar-refractivity contribution in [3.63, 3.8) is 0 Å². The highest BCUT2D eigenvalue weighted by Gasteiger charge is 2.07. The van der Waals surface area contributed by atoms with Crippen LogP contribution < -0.4 is 10.6 Å². The molecular formula is C15H21N3. The van der Waals surface area contributed by atoms with Crippen LogP contribution in [0.15, 0.2) is 36.7 Å². The van der Waals surface area contributed by atoms with Gasteiger partial charge in [0.05, 0.1) is 0 Å². The van der Waals surface area contributed by atoms with Gasteiger partial charge in [-0.1, -0.05) is 12.1 Å². The molecule has 2 rings (SSSR count). The van der Waals surface area contributed by atoms with Crippen LogP contribution in [-0.2, 0) is 0 Å². The summed E-state index contributed by atoms with van der Waals surface area (Å²) in [5.74, 6) is 0. The van der Waals surface area contributed by atoms with Crippen molar-refractivity contribution >= 4 is 16.5 Å². The molecule has 1 aromatic heterocycles. The number of nitrogens with one attached hydrogen (secondary N) is 2. The van der Waals surface area contributed by atoms with Gasteiger partial charge in [0, 0.05) is 42.1 Å². The third-order valence-electron chi connectivity index (χ3n) is 2.78. The predicted molar refractivity (Wildman–Crippen MR) is 78.0 cm³/mol. The van der Waals surface area contributed by atoms with Crippen molar-refractivity contribution in [1.29, 1.82) is 0 Å². The molecule has 0 aliphatic rings. The topological polar surface area (TPSA) is 37.0 Å². The number of nitrogens with zero attached hydrogens (tertiary/aromatic N) is 1. The van der Waals surface area contributed by atoms with Crippen molar-refractivity contribution in [3.05, 3.63) is 36.7 Å². The van der Waals surface area contributed by atoms with Crippen LogP contribution in [0.2, 0.25) is 0 Å². The molecule has 2 N–H and O–H groups in total. The number of rotatable bonds is 4. The van der Waals surface area contributed by atoms with Gasteiger partial charge in [0.2, 0.25) is 0 Å². The maximum Gasteiger partial charge on any atom is 0.0435 e. The first-order valence-electron chi connectivity index (χ1n) is 6.38. The van der Waals surface area contributed by atoms with E-state index in [2.05, 4.69) is 54.6 Å². The highest BCUT2D eigenvalue weighted by Crippen LogP contribution is 2.21. The van der Waals surface area contributed by atoms with Crippen LogP contribution in [-0.4, -0.2) is 23.6 Å². The van der Waals surface area contributed by atoms with Gasteiger partial charge in [-0.2, -0.15) is 0 Å². The van der Waals surface area contributed by atoms with E-state index in [1.54, 1.807) is 0 Å². The largest absolute Gasteiger partial charge is 0.383 e. The zero-order chi connectivity index (χ0) is 13.0. The summed E-state index contributed by atoms with van der Waals surface area (Å²) in [7, 11) is 0. The number of hydrogen-bond acceptors (Lipinski definition) is 3. The van der Waals surface area contributed by atoms with E-state index in [4.69, 9.17) is 0 Å². The van der Waals surface area contributed by atoms with Crippen LogP contribution >= 0.6 is 0 Å². The zero-order valence-corrected chi connectivity index (χ0v) is 11.3. The fourth-order valence-corrected chi connectivity index (χ4v) is 1.90. The second-order valence-electron chi connectivity index (χ2n) is 5.51. The van der Waals surface area contributed by atoms with Crippen molar-refractivity contribution in [2.75, 3.05) is 18.4 Å². The third-order valence-corrected chi connectivity index (χ3v) is 2.78. The molecule has 1 aromatic carbocycles. The Morgan fingerprint density at radius 3 is 2.72 bits per heavy atom. The molecule has 0 aliphatic carbocycles. The highest BCUT2D eigenvalue weighted by atomic mass is 15.0. The van der Waals surface area contributed by atoms with Gasteiger partial charge in [-0.05, 0) is 38.3 Å². The summed E-state index contributed by atoms with van der Waals surface area (Å²) in [5.41, 5.74) is 1.32. The second-order valence-corrected chi connectivity index (χ2v) is 5.51. The molecule has 0 spiro atoms. The molecule has 0 unspecified atom stereocenters. The van der Waals surface area contributed by atoms with E-state index >= 15 is 0 Å². The van der Waals surface area contributed by atoms with Crippen LogP contribution in [0.4, 0.5) is 5.69 Å². The van der Waals surface area contributed by atoms with Crippen molar-refractivity contribution < 1.29 is 0 Å². The molecule has 0 saturated heterocycles. The third kappa shape index (κ3) is 3.44. The smallest absolute Gasteiger partial charge is 0.0435 e. The van der Waals surface area contributed by atoms with Gasteiger partial charge in [0.1, 0.15) is 0 Å². The van der Waals surface area contributed by atoms with Crippen molar-refractivity contribution in [2.45, 2.75) is 26.3 Å². The number of benzene rings is 1. The number of anilines is 1. The van der Waals surface area contributed by atoms with Gasteiger partial charge in [-0.15, -0.1) is 0 Å². The summed E-state index contributed by atoms with van der Waals surface area (Å²) in [6, 6.07) is 8.31. The molecule has 0 fully saturated rings. The molecular weight excluding hydrogens is 222 g/mol. The lowest BCUT2D eigenvalue weighted by atomic mass is 10.1. The Bertz CT molecular complexity index is 509. The zero-order valence-electron chi connectivity index (χ0n) is 11.3. The molecule has 0 atom stereocenters. The van der Waals surface area contributed by atoms with E-state index < -0.39 is 0 Å². The average Bonchev–Trinajstić information content (AvgIpc) is 2.33. The second kappa shape index (κ2) is 5.36. The van der Waals surface area contributed by atoms with Crippen molar-refractivity contribution in [2.24, 2.45) is 0 Å². The Balaban J connectivity index is 2.00. The summed E-state index contributed by atoms with van der Waals surface area (Å²) in [5, 5.41) is 9.32. The maximum absolute atomic E-state index is 4.19. The molecule has 1 heterocycles. The van der Waals surface area contributed by atoms with E-state index in [0.29, 0.717) is 0 Å². The van der Waals surface area contributed by atoms with Gasteiger partial charge < -0.3 is 10.6 Å². The van der Waals surface area contributed by atoms with Crippen molar-refractivity contribution in [3.8, 4) is 0 Å². The minimum atomic E-state index is 0.169. The van der Waals surface area contributed by atoms with E-state index in [0.717, 1.165) is 18.8 Å². The van der Waals surface area contributed by atoms with Crippen LogP contribution in [0.5, 0.6) is 0 Å². The van der Waals surface area contributed by atoms with Gasteiger partial charge in [-0.25, -0.2) is 0 Å². The Morgan fingerprint density at radius 2 is 1.94 bits per heavy atom. The van der Waals surface area contributed by atoms with Crippen molar-refractivity contribution in [1.82, 2.24) is 10.3 Å². The van der Waals surface area contributed by atoms with Gasteiger partial charge in [0.15, 0.2) is 0 Å². The molecule has 96 valence electrons. The van der Waals surface area contributed by atoms with E-state index in [1.165, 1.54) is 10.8 Å². The van der Waals surface area contributed by atoms with Gasteiger partial charge in [-0.3, -0.25) is 4.98 Å². The quantitative estimate of drug-likeness (QED) is 0.810. The van der Waals surface area contributed by atoms with Gasteiger partial charge >= 0.3 is 0 Å². The van der Waals surface area contributed by atoms with E-state index in [1.807, 2.05) is 18.5 Å². The average molecular weight is 243 g/mol. The van der Waals surface area contributed by atoms with E-state index in [9.17, 15) is 0 Å². The molecule has 0 bridgehead atoms. The molecule has 0 saturated carbocycles.